The van der Waals surface area contributed by atoms with Gasteiger partial charge in [-0.15, -0.1) is 0 Å². The Morgan fingerprint density at radius 3 is 2.48 bits per heavy atom. The van der Waals surface area contributed by atoms with Crippen molar-refractivity contribution in [2.45, 2.75) is 40.5 Å². The normalized spacial score (nSPS) is 10.7. The maximum absolute atomic E-state index is 12.1. The molecule has 0 spiro atoms. The van der Waals surface area contributed by atoms with Gasteiger partial charge < -0.3 is 10.1 Å². The summed E-state index contributed by atoms with van der Waals surface area (Å²) in [5, 5.41) is 2.90. The second kappa shape index (κ2) is 7.32. The maximum atomic E-state index is 12.1. The van der Waals surface area contributed by atoms with Crippen LogP contribution in [0.25, 0.3) is 0 Å². The molecule has 0 heterocycles. The molecule has 0 saturated carbocycles. The Labute approximate surface area is 138 Å². The van der Waals surface area contributed by atoms with Crippen molar-refractivity contribution in [1.82, 2.24) is 0 Å². The van der Waals surface area contributed by atoms with E-state index in [0.29, 0.717) is 5.92 Å². The van der Waals surface area contributed by atoms with Crippen molar-refractivity contribution in [2.75, 3.05) is 11.9 Å². The smallest absolute Gasteiger partial charge is 0.262 e. The molecule has 0 bridgehead atoms. The highest BCUT2D eigenvalue weighted by atomic mass is 16.5. The molecule has 0 unspecified atom stereocenters. The molecule has 0 atom stereocenters. The quantitative estimate of drug-likeness (QED) is 0.865. The summed E-state index contributed by atoms with van der Waals surface area (Å²) in [5.74, 6) is 1.06. The molecule has 3 heteroatoms. The first-order chi connectivity index (χ1) is 10.9. The third-order valence-corrected chi connectivity index (χ3v) is 4.11. The van der Waals surface area contributed by atoms with Crippen molar-refractivity contribution in [1.29, 1.82) is 0 Å². The van der Waals surface area contributed by atoms with E-state index in [1.807, 2.05) is 44.2 Å². The van der Waals surface area contributed by atoms with E-state index in [4.69, 9.17) is 4.74 Å². The van der Waals surface area contributed by atoms with Crippen LogP contribution in [0.1, 0.15) is 42.0 Å². The maximum Gasteiger partial charge on any atom is 0.262 e. The number of benzene rings is 2. The average molecular weight is 311 g/mol. The highest BCUT2D eigenvalue weighted by Crippen LogP contribution is 2.23. The summed E-state index contributed by atoms with van der Waals surface area (Å²) in [7, 11) is 0. The van der Waals surface area contributed by atoms with Gasteiger partial charge in [-0.2, -0.15) is 0 Å². The minimum atomic E-state index is -0.149. The third-order valence-electron chi connectivity index (χ3n) is 4.11. The van der Waals surface area contributed by atoms with Crippen molar-refractivity contribution >= 4 is 11.6 Å². The Balaban J connectivity index is 1.97. The Bertz CT molecular complexity index is 705. The van der Waals surface area contributed by atoms with Crippen LogP contribution in [-0.4, -0.2) is 12.5 Å². The summed E-state index contributed by atoms with van der Waals surface area (Å²) in [6.07, 6.45) is 0. The van der Waals surface area contributed by atoms with Gasteiger partial charge >= 0.3 is 0 Å². The molecule has 3 nitrogen and oxygen atoms in total. The van der Waals surface area contributed by atoms with Gasteiger partial charge in [0.2, 0.25) is 0 Å². The van der Waals surface area contributed by atoms with Crippen molar-refractivity contribution in [2.24, 2.45) is 0 Å². The molecule has 2 aromatic rings. The Morgan fingerprint density at radius 1 is 1.09 bits per heavy atom. The van der Waals surface area contributed by atoms with Crippen LogP contribution in [0.4, 0.5) is 5.69 Å². The van der Waals surface area contributed by atoms with Crippen LogP contribution in [0.2, 0.25) is 0 Å². The lowest BCUT2D eigenvalue weighted by molar-refractivity contribution is -0.118. The van der Waals surface area contributed by atoms with Gasteiger partial charge in [-0.1, -0.05) is 32.0 Å². The average Bonchev–Trinajstić information content (AvgIpc) is 2.49. The van der Waals surface area contributed by atoms with E-state index < -0.39 is 0 Å². The number of rotatable bonds is 5. The van der Waals surface area contributed by atoms with Crippen LogP contribution >= 0.6 is 0 Å². The zero-order valence-electron chi connectivity index (χ0n) is 14.6. The zero-order chi connectivity index (χ0) is 17.0. The van der Waals surface area contributed by atoms with E-state index in [1.54, 1.807) is 0 Å². The Kier molecular flexibility index (Phi) is 5.43. The van der Waals surface area contributed by atoms with Crippen LogP contribution in [0, 0.1) is 20.8 Å². The lowest BCUT2D eigenvalue weighted by Crippen LogP contribution is -2.20. The summed E-state index contributed by atoms with van der Waals surface area (Å²) in [6.45, 7) is 10.4. The molecular weight excluding hydrogens is 286 g/mol. The molecule has 0 fully saturated rings. The standard InChI is InChI=1S/C20H25NO2/c1-13(2)18-10-9-17(11-15(18)4)23-12-20(22)21-19-8-6-7-14(3)16(19)5/h6-11,13H,12H2,1-5H3,(H,21,22). The van der Waals surface area contributed by atoms with Gasteiger partial charge in [-0.05, 0) is 67.1 Å². The number of nitrogens with one attached hydrogen (secondary N) is 1. The molecule has 23 heavy (non-hydrogen) atoms. The Morgan fingerprint density at radius 2 is 1.83 bits per heavy atom. The fourth-order valence-electron chi connectivity index (χ4n) is 2.61. The van der Waals surface area contributed by atoms with Gasteiger partial charge in [0.25, 0.3) is 5.91 Å². The molecule has 0 aliphatic carbocycles. The van der Waals surface area contributed by atoms with E-state index in [-0.39, 0.29) is 12.5 Å². The van der Waals surface area contributed by atoms with Crippen molar-refractivity contribution < 1.29 is 9.53 Å². The molecule has 122 valence electrons. The van der Waals surface area contributed by atoms with Gasteiger partial charge in [-0.25, -0.2) is 0 Å². The molecule has 0 saturated heterocycles. The molecule has 0 aromatic heterocycles. The SMILES string of the molecule is Cc1cc(OCC(=O)Nc2cccc(C)c2C)ccc1C(C)C. The fraction of sp³-hybridized carbons (Fsp3) is 0.350. The lowest BCUT2D eigenvalue weighted by Gasteiger charge is -2.13. The van der Waals surface area contributed by atoms with Gasteiger partial charge in [0.05, 0.1) is 0 Å². The van der Waals surface area contributed by atoms with Crippen molar-refractivity contribution in [3.8, 4) is 5.75 Å². The third kappa shape index (κ3) is 4.35. The topological polar surface area (TPSA) is 38.3 Å². The van der Waals surface area contributed by atoms with E-state index in [0.717, 1.165) is 22.6 Å². The lowest BCUT2D eigenvalue weighted by atomic mass is 9.98. The van der Waals surface area contributed by atoms with Gasteiger partial charge in [-0.3, -0.25) is 4.79 Å². The van der Waals surface area contributed by atoms with E-state index in [9.17, 15) is 4.79 Å². The molecule has 0 aliphatic rings. The molecule has 2 aromatic carbocycles. The minimum absolute atomic E-state index is 0.00778. The molecule has 1 amide bonds. The van der Waals surface area contributed by atoms with Gasteiger partial charge in [0, 0.05) is 5.69 Å². The van der Waals surface area contributed by atoms with E-state index in [1.165, 1.54) is 11.1 Å². The van der Waals surface area contributed by atoms with Crippen LogP contribution < -0.4 is 10.1 Å². The minimum Gasteiger partial charge on any atom is -0.484 e. The monoisotopic (exact) mass is 311 g/mol. The highest BCUT2D eigenvalue weighted by Gasteiger charge is 2.08. The fourth-order valence-corrected chi connectivity index (χ4v) is 2.61. The van der Waals surface area contributed by atoms with Crippen LogP contribution in [0.15, 0.2) is 36.4 Å². The highest BCUT2D eigenvalue weighted by molar-refractivity contribution is 5.92. The van der Waals surface area contributed by atoms with Crippen LogP contribution in [-0.2, 0) is 4.79 Å². The van der Waals surface area contributed by atoms with Crippen LogP contribution in [0.5, 0.6) is 5.75 Å². The van der Waals surface area contributed by atoms with E-state index in [2.05, 4.69) is 32.2 Å². The number of amides is 1. The summed E-state index contributed by atoms with van der Waals surface area (Å²) < 4.78 is 5.61. The second-order valence-electron chi connectivity index (χ2n) is 6.26. The first-order valence-corrected chi connectivity index (χ1v) is 7.98. The second-order valence-corrected chi connectivity index (χ2v) is 6.26. The number of ether oxygens (including phenoxy) is 1. The summed E-state index contributed by atoms with van der Waals surface area (Å²) in [6, 6.07) is 11.8. The Hall–Kier alpha value is -2.29. The van der Waals surface area contributed by atoms with Gasteiger partial charge in [0.1, 0.15) is 5.75 Å². The molecule has 1 N–H and O–H groups in total. The number of hydrogen-bond acceptors (Lipinski definition) is 2. The molecule has 0 aliphatic heterocycles. The predicted octanol–water partition coefficient (Wildman–Crippen LogP) is 4.75. The van der Waals surface area contributed by atoms with Crippen molar-refractivity contribution in [3.05, 3.63) is 58.7 Å². The zero-order valence-corrected chi connectivity index (χ0v) is 14.6. The number of aryl methyl sites for hydroxylation is 2. The van der Waals surface area contributed by atoms with E-state index >= 15 is 0 Å². The van der Waals surface area contributed by atoms with Crippen molar-refractivity contribution in [3.63, 3.8) is 0 Å². The number of carbonyl (C=O) groups is 1. The summed E-state index contributed by atoms with van der Waals surface area (Å²) in [4.78, 5) is 12.1. The van der Waals surface area contributed by atoms with Crippen LogP contribution in [0.3, 0.4) is 0 Å². The molecular formula is C20H25NO2. The first-order valence-electron chi connectivity index (χ1n) is 7.98. The summed E-state index contributed by atoms with van der Waals surface area (Å²) in [5.41, 5.74) is 5.57. The first kappa shape index (κ1) is 17.1. The summed E-state index contributed by atoms with van der Waals surface area (Å²) >= 11 is 0. The van der Waals surface area contributed by atoms with Gasteiger partial charge in [0.15, 0.2) is 6.61 Å². The number of hydrogen-bond donors (Lipinski definition) is 1. The number of anilines is 1. The molecule has 2 rings (SSSR count). The number of carbonyl (C=O) groups excluding carboxylic acids is 1. The largest absolute Gasteiger partial charge is 0.484 e. The predicted molar refractivity (Wildman–Crippen MR) is 95.3 cm³/mol. The molecule has 0 radical (unpaired) electrons.